The van der Waals surface area contributed by atoms with Crippen LogP contribution in [0.2, 0.25) is 5.02 Å². The van der Waals surface area contributed by atoms with Crippen molar-refractivity contribution in [3.05, 3.63) is 57.4 Å². The van der Waals surface area contributed by atoms with Crippen molar-refractivity contribution in [2.24, 2.45) is 0 Å². The Morgan fingerprint density at radius 1 is 1.12 bits per heavy atom. The number of carboxylic acids is 1. The van der Waals surface area contributed by atoms with Crippen LogP contribution in [-0.4, -0.2) is 44.4 Å². The number of barbiturate groups is 1. The Balaban J connectivity index is 1.73. The van der Waals surface area contributed by atoms with Crippen LogP contribution in [0.3, 0.4) is 0 Å². The van der Waals surface area contributed by atoms with E-state index in [1.807, 2.05) is 18.4 Å². The van der Waals surface area contributed by atoms with Crippen molar-refractivity contribution in [2.45, 2.75) is 52.0 Å². The molecule has 0 unspecified atom stereocenters. The van der Waals surface area contributed by atoms with Gasteiger partial charge in [0.1, 0.15) is 5.57 Å². The van der Waals surface area contributed by atoms with Gasteiger partial charge in [0.25, 0.3) is 11.8 Å². The molecule has 1 saturated carbocycles. The highest BCUT2D eigenvalue weighted by atomic mass is 35.5. The lowest BCUT2D eigenvalue weighted by Gasteiger charge is -2.35. The summed E-state index contributed by atoms with van der Waals surface area (Å²) in [5.74, 6) is -2.44. The standard InChI is InChI=1S/C24H24ClN3O5/c1-13-10-15(14(2)27(13)17-8-9-20(25)18(12-17)23(31)32)11-19-21(29)26-24(33)28(22(19)30)16-6-4-3-5-7-16/h8-12,16H,3-7H2,1-2H3,(H,31,32)(H,26,29,33)/b19-11-. The van der Waals surface area contributed by atoms with E-state index in [9.17, 15) is 24.3 Å². The van der Waals surface area contributed by atoms with Gasteiger partial charge in [-0.15, -0.1) is 0 Å². The molecule has 4 rings (SSSR count). The first-order chi connectivity index (χ1) is 15.7. The summed E-state index contributed by atoms with van der Waals surface area (Å²) in [6, 6.07) is 5.63. The van der Waals surface area contributed by atoms with Crippen LogP contribution in [0.15, 0.2) is 29.8 Å². The summed E-state index contributed by atoms with van der Waals surface area (Å²) in [4.78, 5) is 50.8. The highest BCUT2D eigenvalue weighted by Crippen LogP contribution is 2.29. The molecule has 9 heteroatoms. The fourth-order valence-electron chi connectivity index (χ4n) is 4.64. The summed E-state index contributed by atoms with van der Waals surface area (Å²) in [5.41, 5.74) is 2.58. The second-order valence-corrected chi connectivity index (χ2v) is 8.82. The van der Waals surface area contributed by atoms with E-state index >= 15 is 0 Å². The van der Waals surface area contributed by atoms with E-state index in [0.29, 0.717) is 16.9 Å². The number of aryl methyl sites for hydroxylation is 1. The van der Waals surface area contributed by atoms with E-state index in [4.69, 9.17) is 11.6 Å². The Hall–Kier alpha value is -3.39. The molecule has 0 bridgehead atoms. The number of hydrogen-bond acceptors (Lipinski definition) is 4. The van der Waals surface area contributed by atoms with Gasteiger partial charge in [-0.25, -0.2) is 9.59 Å². The molecule has 33 heavy (non-hydrogen) atoms. The van der Waals surface area contributed by atoms with Gasteiger partial charge in [0.05, 0.1) is 10.6 Å². The molecule has 2 aliphatic rings. The average molecular weight is 470 g/mol. The molecule has 2 N–H and O–H groups in total. The number of nitrogens with zero attached hydrogens (tertiary/aromatic N) is 2. The zero-order chi connectivity index (χ0) is 23.9. The van der Waals surface area contributed by atoms with Crippen molar-refractivity contribution in [3.63, 3.8) is 0 Å². The van der Waals surface area contributed by atoms with Crippen LogP contribution >= 0.6 is 11.6 Å². The average Bonchev–Trinajstić information content (AvgIpc) is 3.05. The number of nitrogens with one attached hydrogen (secondary N) is 1. The van der Waals surface area contributed by atoms with Crippen molar-refractivity contribution >= 4 is 41.5 Å². The number of hydrogen-bond donors (Lipinski definition) is 2. The Kier molecular flexibility index (Phi) is 6.12. The third-order valence-corrected chi connectivity index (χ3v) is 6.61. The van der Waals surface area contributed by atoms with Gasteiger partial charge in [0.2, 0.25) is 0 Å². The first-order valence-corrected chi connectivity index (χ1v) is 11.2. The van der Waals surface area contributed by atoms with Gasteiger partial charge >= 0.3 is 12.0 Å². The lowest BCUT2D eigenvalue weighted by Crippen LogP contribution is -2.58. The maximum atomic E-state index is 13.2. The zero-order valence-corrected chi connectivity index (χ0v) is 19.1. The molecule has 1 aromatic carbocycles. The van der Waals surface area contributed by atoms with Crippen LogP contribution in [0.4, 0.5) is 4.79 Å². The molecule has 1 aliphatic heterocycles. The lowest BCUT2D eigenvalue weighted by molar-refractivity contribution is -0.132. The second-order valence-electron chi connectivity index (χ2n) is 8.42. The van der Waals surface area contributed by atoms with Gasteiger partial charge in [0.15, 0.2) is 0 Å². The van der Waals surface area contributed by atoms with Crippen molar-refractivity contribution < 1.29 is 24.3 Å². The molecule has 1 aliphatic carbocycles. The van der Waals surface area contributed by atoms with Crippen LogP contribution < -0.4 is 5.32 Å². The predicted molar refractivity (Wildman–Crippen MR) is 122 cm³/mol. The van der Waals surface area contributed by atoms with Crippen molar-refractivity contribution in [2.75, 3.05) is 0 Å². The molecule has 0 radical (unpaired) electrons. The summed E-state index contributed by atoms with van der Waals surface area (Å²) in [5, 5.41) is 11.8. The number of aromatic nitrogens is 1. The number of amides is 4. The van der Waals surface area contributed by atoms with E-state index in [0.717, 1.165) is 37.8 Å². The number of carbonyl (C=O) groups is 4. The van der Waals surface area contributed by atoms with Gasteiger partial charge in [-0.3, -0.25) is 19.8 Å². The minimum atomic E-state index is -1.14. The minimum Gasteiger partial charge on any atom is -0.478 e. The first-order valence-electron chi connectivity index (χ1n) is 10.8. The van der Waals surface area contributed by atoms with Crippen LogP contribution in [0.1, 0.15) is 59.4 Å². The summed E-state index contributed by atoms with van der Waals surface area (Å²) in [6.07, 6.45) is 5.91. The largest absolute Gasteiger partial charge is 0.478 e. The molecule has 2 heterocycles. The molecule has 0 spiro atoms. The lowest BCUT2D eigenvalue weighted by atomic mass is 9.93. The van der Waals surface area contributed by atoms with Gasteiger partial charge in [-0.1, -0.05) is 30.9 Å². The van der Waals surface area contributed by atoms with Crippen LogP contribution in [0, 0.1) is 13.8 Å². The van der Waals surface area contributed by atoms with E-state index in [2.05, 4.69) is 5.32 Å². The van der Waals surface area contributed by atoms with Crippen LogP contribution in [-0.2, 0) is 9.59 Å². The molecule has 0 atom stereocenters. The fourth-order valence-corrected chi connectivity index (χ4v) is 4.84. The molecule has 1 saturated heterocycles. The van der Waals surface area contributed by atoms with E-state index in [-0.39, 0.29) is 22.2 Å². The summed E-state index contributed by atoms with van der Waals surface area (Å²) in [7, 11) is 0. The number of halogens is 1. The number of imide groups is 2. The Morgan fingerprint density at radius 3 is 2.48 bits per heavy atom. The van der Waals surface area contributed by atoms with E-state index < -0.39 is 23.8 Å². The van der Waals surface area contributed by atoms with Crippen molar-refractivity contribution in [1.82, 2.24) is 14.8 Å². The minimum absolute atomic E-state index is 0.0231. The summed E-state index contributed by atoms with van der Waals surface area (Å²) < 4.78 is 1.82. The third kappa shape index (κ3) is 4.18. The molecule has 172 valence electrons. The maximum absolute atomic E-state index is 13.2. The number of benzene rings is 1. The van der Waals surface area contributed by atoms with Gasteiger partial charge in [-0.2, -0.15) is 0 Å². The SMILES string of the molecule is Cc1cc(/C=C2/C(=O)NC(=O)N(C3CCCCC3)C2=O)c(C)n1-c1ccc(Cl)c(C(=O)O)c1. The second kappa shape index (κ2) is 8.86. The van der Waals surface area contributed by atoms with Gasteiger partial charge in [0, 0.05) is 23.1 Å². The molecule has 2 fully saturated rings. The Morgan fingerprint density at radius 2 is 1.82 bits per heavy atom. The molecule has 8 nitrogen and oxygen atoms in total. The van der Waals surface area contributed by atoms with Crippen LogP contribution in [0.25, 0.3) is 11.8 Å². The highest BCUT2D eigenvalue weighted by Gasteiger charge is 2.40. The number of carboxylic acid groups (broad SMARTS) is 1. The monoisotopic (exact) mass is 469 g/mol. The maximum Gasteiger partial charge on any atom is 0.337 e. The molecule has 2 aromatic rings. The normalized spacial score (nSPS) is 18.7. The van der Waals surface area contributed by atoms with Crippen LogP contribution in [0.5, 0.6) is 0 Å². The topological polar surface area (TPSA) is 109 Å². The summed E-state index contributed by atoms with van der Waals surface area (Å²) >= 11 is 6.00. The number of carbonyl (C=O) groups excluding carboxylic acids is 3. The van der Waals surface area contributed by atoms with E-state index in [1.165, 1.54) is 23.1 Å². The van der Waals surface area contributed by atoms with Gasteiger partial charge < -0.3 is 9.67 Å². The molecular formula is C24H24ClN3O5. The number of rotatable bonds is 4. The molecule has 4 amide bonds. The number of aromatic carboxylic acids is 1. The third-order valence-electron chi connectivity index (χ3n) is 6.28. The van der Waals surface area contributed by atoms with E-state index in [1.54, 1.807) is 12.1 Å². The van der Waals surface area contributed by atoms with Gasteiger partial charge in [-0.05, 0) is 62.6 Å². The quantitative estimate of drug-likeness (QED) is 0.514. The zero-order valence-electron chi connectivity index (χ0n) is 18.4. The Labute approximate surface area is 195 Å². The molecule has 1 aromatic heterocycles. The smallest absolute Gasteiger partial charge is 0.337 e. The fraction of sp³-hybridized carbons (Fsp3) is 0.333. The predicted octanol–water partition coefficient (Wildman–Crippen LogP) is 4.24. The summed E-state index contributed by atoms with van der Waals surface area (Å²) in [6.45, 7) is 3.65. The van der Waals surface area contributed by atoms with Crippen molar-refractivity contribution in [3.8, 4) is 5.69 Å². The number of urea groups is 1. The first kappa shape index (κ1) is 22.8. The highest BCUT2D eigenvalue weighted by molar-refractivity contribution is 6.33. The Bertz CT molecular complexity index is 1210. The van der Waals surface area contributed by atoms with Crippen molar-refractivity contribution in [1.29, 1.82) is 0 Å². The molecular weight excluding hydrogens is 446 g/mol.